The Kier molecular flexibility index (Phi) is 13.8. The molecule has 9 nitrogen and oxygen atoms in total. The number of hydrogen-bond donors (Lipinski definition) is 3. The molecule has 1 aliphatic carbocycles. The second kappa shape index (κ2) is 16.5. The maximum Gasteiger partial charge on any atom is 0.414 e. The summed E-state index contributed by atoms with van der Waals surface area (Å²) >= 11 is 0. The van der Waals surface area contributed by atoms with Gasteiger partial charge in [0.15, 0.2) is 0 Å². The number of amides is 3. The first-order valence-electron chi connectivity index (χ1n) is 15.7. The molecule has 1 saturated carbocycles. The lowest BCUT2D eigenvalue weighted by Gasteiger charge is -2.22. The molecule has 1 aromatic rings. The first-order valence-corrected chi connectivity index (χ1v) is 15.7. The number of nitrogens with zero attached hydrogens (tertiary/aromatic N) is 1. The molecule has 0 saturated heterocycles. The van der Waals surface area contributed by atoms with Crippen LogP contribution in [0.1, 0.15) is 131 Å². The Bertz CT molecular complexity index is 1000. The molecule has 0 bridgehead atoms. The predicted octanol–water partition coefficient (Wildman–Crippen LogP) is 8.03. The van der Waals surface area contributed by atoms with Crippen LogP contribution < -0.4 is 16.0 Å². The number of alkyl carbamates (subject to hydrolysis) is 2. The number of guanidine groups is 1. The molecule has 236 valence electrons. The summed E-state index contributed by atoms with van der Waals surface area (Å²) < 4.78 is 10.6. The van der Waals surface area contributed by atoms with Crippen molar-refractivity contribution in [2.75, 3.05) is 5.32 Å². The van der Waals surface area contributed by atoms with Crippen LogP contribution in [0.25, 0.3) is 0 Å². The molecular weight excluding hydrogens is 532 g/mol. The van der Waals surface area contributed by atoms with Crippen molar-refractivity contribution in [3.63, 3.8) is 0 Å². The average Bonchev–Trinajstić information content (AvgIpc) is 3.64. The van der Waals surface area contributed by atoms with Gasteiger partial charge in [-0.2, -0.15) is 0 Å². The van der Waals surface area contributed by atoms with E-state index < -0.39 is 28.9 Å². The van der Waals surface area contributed by atoms with Crippen LogP contribution in [0.15, 0.2) is 29.3 Å². The second-order valence-electron chi connectivity index (χ2n) is 13.3. The summed E-state index contributed by atoms with van der Waals surface area (Å²) in [6.07, 6.45) is 13.5. The number of carbonyl (C=O) groups excluding carboxylic acids is 3. The number of aryl methyl sites for hydroxylation is 1. The molecule has 1 aromatic carbocycles. The van der Waals surface area contributed by atoms with Gasteiger partial charge in [0.05, 0.1) is 0 Å². The zero-order valence-corrected chi connectivity index (χ0v) is 27.0. The van der Waals surface area contributed by atoms with Gasteiger partial charge in [0.2, 0.25) is 5.96 Å². The van der Waals surface area contributed by atoms with Crippen LogP contribution in [0.4, 0.5) is 15.3 Å². The van der Waals surface area contributed by atoms with E-state index in [9.17, 15) is 14.4 Å². The van der Waals surface area contributed by atoms with Gasteiger partial charge in [-0.3, -0.25) is 15.4 Å². The quantitative estimate of drug-likeness (QED) is 0.116. The Morgan fingerprint density at radius 3 is 1.62 bits per heavy atom. The van der Waals surface area contributed by atoms with Gasteiger partial charge < -0.3 is 14.8 Å². The van der Waals surface area contributed by atoms with E-state index in [2.05, 4.69) is 27.9 Å². The minimum Gasteiger partial charge on any atom is -0.444 e. The van der Waals surface area contributed by atoms with Crippen molar-refractivity contribution in [2.24, 2.45) is 4.99 Å². The van der Waals surface area contributed by atoms with E-state index in [0.29, 0.717) is 18.5 Å². The van der Waals surface area contributed by atoms with Crippen LogP contribution in [-0.4, -0.2) is 40.8 Å². The standard InChI is InChI=1S/C33H54N4O5/c1-8-9-10-11-12-13-14-15-16-17-18-25-19-21-26(22-20-25)34-27(38)33(23-24-33)37-28(35-29(39)41-31(2,3)4)36-30(40)42-32(5,6)7/h19-22H,8-18,23-24H2,1-7H3,(H,34,38)(H2,35,36,37,39,40). The summed E-state index contributed by atoms with van der Waals surface area (Å²) in [4.78, 5) is 42.5. The lowest BCUT2D eigenvalue weighted by molar-refractivity contribution is -0.118. The molecule has 0 aliphatic heterocycles. The van der Waals surface area contributed by atoms with E-state index >= 15 is 0 Å². The van der Waals surface area contributed by atoms with Crippen molar-refractivity contribution in [2.45, 2.75) is 149 Å². The summed E-state index contributed by atoms with van der Waals surface area (Å²) in [6, 6.07) is 7.90. The normalized spacial score (nSPS) is 14.0. The fourth-order valence-corrected chi connectivity index (χ4v) is 4.43. The van der Waals surface area contributed by atoms with Crippen LogP contribution in [0.3, 0.4) is 0 Å². The minimum atomic E-state index is -1.10. The highest BCUT2D eigenvalue weighted by molar-refractivity contribution is 6.06. The molecule has 3 N–H and O–H groups in total. The maximum atomic E-state index is 13.2. The molecule has 3 amide bonds. The number of nitrogens with one attached hydrogen (secondary N) is 3. The summed E-state index contributed by atoms with van der Waals surface area (Å²) in [7, 11) is 0. The van der Waals surface area contributed by atoms with Gasteiger partial charge in [-0.1, -0.05) is 76.8 Å². The number of hydrogen-bond acceptors (Lipinski definition) is 6. The number of unbranched alkanes of at least 4 members (excludes halogenated alkanes) is 9. The van der Waals surface area contributed by atoms with Crippen molar-refractivity contribution in [3.8, 4) is 0 Å². The summed E-state index contributed by atoms with van der Waals surface area (Å²) in [5.74, 6) is -0.502. The highest BCUT2D eigenvalue weighted by Gasteiger charge is 2.51. The Morgan fingerprint density at radius 2 is 1.19 bits per heavy atom. The lowest BCUT2D eigenvalue weighted by atomic mass is 10.0. The first-order chi connectivity index (χ1) is 19.7. The van der Waals surface area contributed by atoms with Gasteiger partial charge in [-0.25, -0.2) is 14.6 Å². The molecule has 1 fully saturated rings. The molecule has 0 unspecified atom stereocenters. The van der Waals surface area contributed by atoms with Crippen molar-refractivity contribution in [3.05, 3.63) is 29.8 Å². The lowest BCUT2D eigenvalue weighted by Crippen LogP contribution is -2.48. The van der Waals surface area contributed by atoms with E-state index in [1.54, 1.807) is 41.5 Å². The average molecular weight is 587 g/mol. The fourth-order valence-electron chi connectivity index (χ4n) is 4.43. The molecule has 0 radical (unpaired) electrons. The van der Waals surface area contributed by atoms with Crippen molar-refractivity contribution < 1.29 is 23.9 Å². The molecule has 1 aliphatic rings. The minimum absolute atomic E-state index is 0.196. The van der Waals surface area contributed by atoms with Gasteiger partial charge in [-0.15, -0.1) is 0 Å². The Balaban J connectivity index is 1.90. The molecule has 0 heterocycles. The zero-order valence-electron chi connectivity index (χ0n) is 27.0. The van der Waals surface area contributed by atoms with Gasteiger partial charge in [-0.05, 0) is 84.9 Å². The second-order valence-corrected chi connectivity index (χ2v) is 13.3. The molecule has 0 atom stereocenters. The van der Waals surface area contributed by atoms with Crippen LogP contribution in [0, 0.1) is 0 Å². The van der Waals surface area contributed by atoms with E-state index in [4.69, 9.17) is 9.47 Å². The molecular formula is C33H54N4O5. The number of anilines is 1. The van der Waals surface area contributed by atoms with Crippen molar-refractivity contribution in [1.82, 2.24) is 10.6 Å². The third kappa shape index (κ3) is 14.7. The molecule has 9 heteroatoms. The van der Waals surface area contributed by atoms with Gasteiger partial charge >= 0.3 is 12.2 Å². The smallest absolute Gasteiger partial charge is 0.414 e. The van der Waals surface area contributed by atoms with Gasteiger partial charge in [0.1, 0.15) is 16.7 Å². The predicted molar refractivity (Wildman–Crippen MR) is 169 cm³/mol. The summed E-state index contributed by atoms with van der Waals surface area (Å²) in [6.45, 7) is 12.6. The van der Waals surface area contributed by atoms with Crippen LogP contribution in [0.5, 0.6) is 0 Å². The van der Waals surface area contributed by atoms with Crippen molar-refractivity contribution in [1.29, 1.82) is 0 Å². The largest absolute Gasteiger partial charge is 0.444 e. The Morgan fingerprint density at radius 1 is 0.738 bits per heavy atom. The van der Waals surface area contributed by atoms with E-state index in [0.717, 1.165) is 12.8 Å². The number of carbonyl (C=O) groups is 3. The van der Waals surface area contributed by atoms with Crippen LogP contribution >= 0.6 is 0 Å². The molecule has 42 heavy (non-hydrogen) atoms. The molecule has 0 aromatic heterocycles. The monoisotopic (exact) mass is 586 g/mol. The van der Waals surface area contributed by atoms with E-state index in [-0.39, 0.29) is 11.9 Å². The van der Waals surface area contributed by atoms with E-state index in [1.165, 1.54) is 63.4 Å². The number of ether oxygens (including phenoxy) is 2. The molecule has 2 rings (SSSR count). The Labute approximate surface area is 253 Å². The third-order valence-electron chi connectivity index (χ3n) is 6.74. The zero-order chi connectivity index (χ0) is 31.2. The number of rotatable bonds is 14. The summed E-state index contributed by atoms with van der Waals surface area (Å²) in [5.41, 5.74) is -0.689. The highest BCUT2D eigenvalue weighted by atomic mass is 16.6. The summed E-state index contributed by atoms with van der Waals surface area (Å²) in [5, 5.41) is 7.85. The highest BCUT2D eigenvalue weighted by Crippen LogP contribution is 2.41. The topological polar surface area (TPSA) is 118 Å². The van der Waals surface area contributed by atoms with E-state index in [1.807, 2.05) is 24.3 Å². The van der Waals surface area contributed by atoms with Crippen LogP contribution in [0.2, 0.25) is 0 Å². The van der Waals surface area contributed by atoms with Gasteiger partial charge in [0, 0.05) is 5.69 Å². The number of aliphatic imine (C=N–C) groups is 1. The van der Waals surface area contributed by atoms with Crippen LogP contribution in [-0.2, 0) is 20.7 Å². The third-order valence-corrected chi connectivity index (χ3v) is 6.74. The Hall–Kier alpha value is -3.10. The fraction of sp³-hybridized carbons (Fsp3) is 0.697. The number of benzene rings is 1. The first kappa shape index (κ1) is 35.1. The SMILES string of the molecule is CCCCCCCCCCCCc1ccc(NC(=O)C2(N=C(NC(=O)OC(C)(C)C)NC(=O)OC(C)(C)C)CC2)cc1. The molecule has 0 spiro atoms. The van der Waals surface area contributed by atoms with Gasteiger partial charge in [0.25, 0.3) is 5.91 Å². The van der Waals surface area contributed by atoms with Crippen molar-refractivity contribution >= 4 is 29.7 Å². The maximum absolute atomic E-state index is 13.2.